The van der Waals surface area contributed by atoms with Crippen molar-refractivity contribution in [3.63, 3.8) is 0 Å². The third-order valence-corrected chi connectivity index (χ3v) is 3.89. The molecule has 116 valence electrons. The van der Waals surface area contributed by atoms with E-state index >= 15 is 0 Å². The second kappa shape index (κ2) is 5.85. The molecule has 0 atom stereocenters. The molecule has 0 saturated heterocycles. The molecule has 3 aromatic carbocycles. The van der Waals surface area contributed by atoms with Crippen molar-refractivity contribution in [2.45, 2.75) is 0 Å². The van der Waals surface area contributed by atoms with Crippen molar-refractivity contribution in [2.75, 3.05) is 6.26 Å². The van der Waals surface area contributed by atoms with Crippen LogP contribution in [0, 0.1) is 0 Å². The van der Waals surface area contributed by atoms with Crippen molar-refractivity contribution in [3.8, 4) is 5.75 Å². The Labute approximate surface area is 134 Å². The molecule has 0 bridgehead atoms. The normalized spacial score (nSPS) is 11.3. The Bertz CT molecular complexity index is 976. The number of rotatable bonds is 4. The number of ketones is 1. The lowest BCUT2D eigenvalue weighted by molar-refractivity contribution is 0.104. The molecule has 0 amide bonds. The minimum absolute atomic E-state index is 0.118. The Kier molecular flexibility index (Phi) is 3.88. The number of carbonyl (C=O) groups excluding carboxylic acids is 1. The molecule has 0 spiro atoms. The fourth-order valence-corrected chi connectivity index (χ4v) is 2.92. The zero-order chi connectivity index (χ0) is 16.4. The molecule has 0 saturated carbocycles. The van der Waals surface area contributed by atoms with Crippen LogP contribution in [0.25, 0.3) is 10.8 Å². The lowest BCUT2D eigenvalue weighted by Gasteiger charge is -2.10. The monoisotopic (exact) mass is 326 g/mol. The molecular weight excluding hydrogens is 312 g/mol. The number of hydrogen-bond acceptors (Lipinski definition) is 4. The van der Waals surface area contributed by atoms with Gasteiger partial charge in [0.25, 0.3) is 0 Å². The first-order valence-corrected chi connectivity index (χ1v) is 8.78. The lowest BCUT2D eigenvalue weighted by atomic mass is 9.97. The highest BCUT2D eigenvalue weighted by atomic mass is 32.2. The predicted molar refractivity (Wildman–Crippen MR) is 89.3 cm³/mol. The van der Waals surface area contributed by atoms with Gasteiger partial charge in [0.2, 0.25) is 0 Å². The number of benzene rings is 3. The van der Waals surface area contributed by atoms with Gasteiger partial charge in [-0.1, -0.05) is 54.6 Å². The largest absolute Gasteiger partial charge is 0.382 e. The number of hydrogen-bond donors (Lipinski definition) is 0. The van der Waals surface area contributed by atoms with E-state index < -0.39 is 10.1 Å². The Balaban J connectivity index is 2.17. The third-order valence-electron chi connectivity index (χ3n) is 3.41. The second-order valence-corrected chi connectivity index (χ2v) is 6.71. The van der Waals surface area contributed by atoms with Crippen LogP contribution in [-0.4, -0.2) is 20.5 Å². The molecule has 0 fully saturated rings. The molecule has 0 aliphatic rings. The Hall–Kier alpha value is -2.66. The first kappa shape index (κ1) is 15.2. The minimum Gasteiger partial charge on any atom is -0.382 e. The quantitative estimate of drug-likeness (QED) is 0.544. The van der Waals surface area contributed by atoms with Crippen molar-refractivity contribution in [1.29, 1.82) is 0 Å². The lowest BCUT2D eigenvalue weighted by Crippen LogP contribution is -2.07. The number of carbonyl (C=O) groups is 1. The van der Waals surface area contributed by atoms with Gasteiger partial charge in [0, 0.05) is 16.5 Å². The first-order chi connectivity index (χ1) is 11.0. The van der Waals surface area contributed by atoms with Gasteiger partial charge in [-0.2, -0.15) is 8.42 Å². The Morgan fingerprint density at radius 3 is 2.09 bits per heavy atom. The summed E-state index contributed by atoms with van der Waals surface area (Å²) in [6.07, 6.45) is 0.991. The van der Waals surface area contributed by atoms with Crippen molar-refractivity contribution in [2.24, 2.45) is 0 Å². The maximum atomic E-state index is 12.7. The van der Waals surface area contributed by atoms with Crippen molar-refractivity contribution < 1.29 is 17.4 Å². The topological polar surface area (TPSA) is 60.4 Å². The van der Waals surface area contributed by atoms with Crippen LogP contribution in [0.3, 0.4) is 0 Å². The molecule has 0 aromatic heterocycles. The van der Waals surface area contributed by atoms with E-state index in [4.69, 9.17) is 4.18 Å². The van der Waals surface area contributed by atoms with Crippen molar-refractivity contribution in [3.05, 3.63) is 77.9 Å². The van der Waals surface area contributed by atoms with Crippen LogP contribution in [0.15, 0.2) is 66.7 Å². The summed E-state index contributed by atoms with van der Waals surface area (Å²) in [4.78, 5) is 12.7. The van der Waals surface area contributed by atoms with E-state index in [0.717, 1.165) is 6.26 Å². The summed E-state index contributed by atoms with van der Waals surface area (Å²) in [6, 6.07) is 19.1. The van der Waals surface area contributed by atoms with E-state index in [1.807, 2.05) is 6.07 Å². The van der Waals surface area contributed by atoms with Crippen LogP contribution in [0.4, 0.5) is 0 Å². The molecule has 3 rings (SSSR count). The molecule has 23 heavy (non-hydrogen) atoms. The van der Waals surface area contributed by atoms with Gasteiger partial charge in [-0.3, -0.25) is 4.79 Å². The smallest absolute Gasteiger partial charge is 0.306 e. The average Bonchev–Trinajstić information content (AvgIpc) is 2.54. The minimum atomic E-state index is -3.64. The zero-order valence-electron chi connectivity index (χ0n) is 12.4. The third kappa shape index (κ3) is 3.24. The van der Waals surface area contributed by atoms with Crippen molar-refractivity contribution in [1.82, 2.24) is 0 Å². The molecule has 0 N–H and O–H groups in total. The van der Waals surface area contributed by atoms with Crippen LogP contribution in [0.1, 0.15) is 15.9 Å². The van der Waals surface area contributed by atoms with E-state index in [9.17, 15) is 13.2 Å². The van der Waals surface area contributed by atoms with E-state index in [1.54, 1.807) is 54.6 Å². The van der Waals surface area contributed by atoms with Gasteiger partial charge in [0.1, 0.15) is 5.75 Å². The Morgan fingerprint density at radius 2 is 1.43 bits per heavy atom. The van der Waals surface area contributed by atoms with Gasteiger partial charge in [0.05, 0.1) is 6.26 Å². The summed E-state index contributed by atoms with van der Waals surface area (Å²) in [5.74, 6) is 0.0976. The van der Waals surface area contributed by atoms with Gasteiger partial charge < -0.3 is 4.18 Å². The van der Waals surface area contributed by atoms with Crippen LogP contribution >= 0.6 is 0 Å². The average molecular weight is 326 g/mol. The van der Waals surface area contributed by atoms with Gasteiger partial charge in [-0.05, 0) is 17.5 Å². The van der Waals surface area contributed by atoms with E-state index in [2.05, 4.69) is 0 Å². The van der Waals surface area contributed by atoms with Crippen LogP contribution in [0.5, 0.6) is 5.75 Å². The molecule has 0 aliphatic heterocycles. The SMILES string of the molecule is CS(=O)(=O)Oc1ccc(C(=O)c2ccccc2)c2ccccc12. The van der Waals surface area contributed by atoms with Crippen LogP contribution in [-0.2, 0) is 10.1 Å². The van der Waals surface area contributed by atoms with Gasteiger partial charge in [-0.25, -0.2) is 0 Å². The highest BCUT2D eigenvalue weighted by molar-refractivity contribution is 7.86. The zero-order valence-corrected chi connectivity index (χ0v) is 13.2. The van der Waals surface area contributed by atoms with Crippen LogP contribution < -0.4 is 4.18 Å². The summed E-state index contributed by atoms with van der Waals surface area (Å²) in [5.41, 5.74) is 1.09. The molecule has 0 radical (unpaired) electrons. The maximum Gasteiger partial charge on any atom is 0.306 e. The molecule has 5 heteroatoms. The van der Waals surface area contributed by atoms with Gasteiger partial charge >= 0.3 is 10.1 Å². The fourth-order valence-electron chi connectivity index (χ4n) is 2.45. The first-order valence-electron chi connectivity index (χ1n) is 6.97. The predicted octanol–water partition coefficient (Wildman–Crippen LogP) is 3.41. The summed E-state index contributed by atoms with van der Waals surface area (Å²) in [5, 5.41) is 1.24. The van der Waals surface area contributed by atoms with E-state index in [-0.39, 0.29) is 11.5 Å². The second-order valence-electron chi connectivity index (χ2n) is 5.14. The molecular formula is C18H14O4S. The standard InChI is InChI=1S/C18H14O4S/c1-23(20,21)22-17-12-11-16(14-9-5-6-10-15(14)17)18(19)13-7-3-2-4-8-13/h2-12H,1H3. The van der Waals surface area contributed by atoms with E-state index in [0.29, 0.717) is 21.9 Å². The summed E-state index contributed by atoms with van der Waals surface area (Å²) < 4.78 is 27.8. The highest BCUT2D eigenvalue weighted by Crippen LogP contribution is 2.30. The summed E-state index contributed by atoms with van der Waals surface area (Å²) in [6.45, 7) is 0. The van der Waals surface area contributed by atoms with Crippen molar-refractivity contribution >= 4 is 26.7 Å². The summed E-state index contributed by atoms with van der Waals surface area (Å²) >= 11 is 0. The fraction of sp³-hybridized carbons (Fsp3) is 0.0556. The maximum absolute atomic E-state index is 12.7. The molecule has 0 aliphatic carbocycles. The van der Waals surface area contributed by atoms with Gasteiger partial charge in [0.15, 0.2) is 5.78 Å². The molecule has 4 nitrogen and oxygen atoms in total. The summed E-state index contributed by atoms with van der Waals surface area (Å²) in [7, 11) is -3.64. The molecule has 0 heterocycles. The van der Waals surface area contributed by atoms with E-state index in [1.165, 1.54) is 6.07 Å². The number of fused-ring (bicyclic) bond motifs is 1. The molecule has 0 unspecified atom stereocenters. The van der Waals surface area contributed by atoms with Crippen LogP contribution in [0.2, 0.25) is 0 Å². The highest BCUT2D eigenvalue weighted by Gasteiger charge is 2.16. The Morgan fingerprint density at radius 1 is 0.826 bits per heavy atom. The molecule has 3 aromatic rings. The van der Waals surface area contributed by atoms with Gasteiger partial charge in [-0.15, -0.1) is 0 Å².